The average Bonchev–Trinajstić information content (AvgIpc) is 2.99. The van der Waals surface area contributed by atoms with Gasteiger partial charge in [-0.2, -0.15) is 0 Å². The van der Waals surface area contributed by atoms with Crippen LogP contribution < -0.4 is 4.72 Å². The fraction of sp³-hybridized carbons (Fsp3) is 0.611. The number of carbonyl (C=O) groups is 1. The van der Waals surface area contributed by atoms with E-state index in [9.17, 15) is 21.6 Å². The SMILES string of the molecule is CCN(C(=O)CNS(=O)(=O)c1ccc2c(c1)CCCC2)[C@H]1CCS(=O)(=O)C1. The third-order valence-electron chi connectivity index (χ3n) is 5.35. The van der Waals surface area contributed by atoms with Crippen LogP contribution in [0.1, 0.15) is 37.3 Å². The van der Waals surface area contributed by atoms with Crippen LogP contribution in [0.15, 0.2) is 23.1 Å². The number of hydrogen-bond acceptors (Lipinski definition) is 5. The van der Waals surface area contributed by atoms with Gasteiger partial charge in [0.05, 0.1) is 22.9 Å². The van der Waals surface area contributed by atoms with Gasteiger partial charge >= 0.3 is 0 Å². The molecule has 0 unspecified atom stereocenters. The van der Waals surface area contributed by atoms with Gasteiger partial charge in [-0.15, -0.1) is 0 Å². The van der Waals surface area contributed by atoms with E-state index in [0.29, 0.717) is 13.0 Å². The predicted molar refractivity (Wildman–Crippen MR) is 103 cm³/mol. The Hall–Kier alpha value is -1.45. The van der Waals surface area contributed by atoms with Crippen molar-refractivity contribution in [3.63, 3.8) is 0 Å². The maximum Gasteiger partial charge on any atom is 0.241 e. The second kappa shape index (κ2) is 7.89. The van der Waals surface area contributed by atoms with Crippen LogP contribution in [0.3, 0.4) is 0 Å². The molecular formula is C18H26N2O5S2. The Bertz CT molecular complexity index is 925. The van der Waals surface area contributed by atoms with Crippen LogP contribution >= 0.6 is 0 Å². The van der Waals surface area contributed by atoms with Gasteiger partial charge in [0, 0.05) is 12.6 Å². The van der Waals surface area contributed by atoms with Crippen molar-refractivity contribution in [1.82, 2.24) is 9.62 Å². The van der Waals surface area contributed by atoms with Crippen molar-refractivity contribution in [2.75, 3.05) is 24.6 Å². The van der Waals surface area contributed by atoms with Gasteiger partial charge in [0.1, 0.15) is 0 Å². The monoisotopic (exact) mass is 414 g/mol. The number of amides is 1. The molecule has 150 valence electrons. The molecule has 1 aromatic carbocycles. The molecule has 27 heavy (non-hydrogen) atoms. The Morgan fingerprint density at radius 2 is 1.93 bits per heavy atom. The summed E-state index contributed by atoms with van der Waals surface area (Å²) in [7, 11) is -6.90. The summed E-state index contributed by atoms with van der Waals surface area (Å²) < 4.78 is 50.8. The number of benzene rings is 1. The van der Waals surface area contributed by atoms with E-state index in [2.05, 4.69) is 4.72 Å². The maximum absolute atomic E-state index is 12.6. The predicted octanol–water partition coefficient (Wildman–Crippen LogP) is 0.879. The zero-order valence-corrected chi connectivity index (χ0v) is 17.1. The van der Waals surface area contributed by atoms with Crippen LogP contribution in [-0.2, 0) is 37.5 Å². The van der Waals surface area contributed by atoms with E-state index in [1.165, 1.54) is 10.5 Å². The summed E-state index contributed by atoms with van der Waals surface area (Å²) in [6.45, 7) is 1.74. The molecule has 1 atom stereocenters. The third kappa shape index (κ3) is 4.70. The lowest BCUT2D eigenvalue weighted by molar-refractivity contribution is -0.131. The molecule has 0 spiro atoms. The molecule has 0 bridgehead atoms. The first-order chi connectivity index (χ1) is 12.7. The van der Waals surface area contributed by atoms with Crippen molar-refractivity contribution < 1.29 is 21.6 Å². The van der Waals surface area contributed by atoms with Gasteiger partial charge in [-0.25, -0.2) is 21.6 Å². The average molecular weight is 415 g/mol. The van der Waals surface area contributed by atoms with E-state index in [1.54, 1.807) is 19.1 Å². The molecule has 0 saturated carbocycles. The summed E-state index contributed by atoms with van der Waals surface area (Å²) in [4.78, 5) is 14.1. The topological polar surface area (TPSA) is 101 Å². The number of sulfonamides is 1. The fourth-order valence-electron chi connectivity index (χ4n) is 3.88. The lowest BCUT2D eigenvalue weighted by Crippen LogP contribution is -2.46. The van der Waals surface area contributed by atoms with Crippen molar-refractivity contribution in [2.24, 2.45) is 0 Å². The Morgan fingerprint density at radius 3 is 2.56 bits per heavy atom. The van der Waals surface area contributed by atoms with Gasteiger partial charge in [0.25, 0.3) is 0 Å². The zero-order valence-electron chi connectivity index (χ0n) is 15.5. The number of carbonyl (C=O) groups excluding carboxylic acids is 1. The Balaban J connectivity index is 1.66. The first-order valence-electron chi connectivity index (χ1n) is 9.33. The Morgan fingerprint density at radius 1 is 1.22 bits per heavy atom. The van der Waals surface area contributed by atoms with Gasteiger partial charge < -0.3 is 4.90 Å². The number of nitrogens with zero attached hydrogens (tertiary/aromatic N) is 1. The van der Waals surface area contributed by atoms with E-state index in [-0.39, 0.29) is 29.0 Å². The third-order valence-corrected chi connectivity index (χ3v) is 8.50. The molecule has 2 aliphatic rings. The van der Waals surface area contributed by atoms with Gasteiger partial charge in [-0.1, -0.05) is 6.07 Å². The second-order valence-electron chi connectivity index (χ2n) is 7.20. The summed E-state index contributed by atoms with van der Waals surface area (Å²) >= 11 is 0. The number of nitrogens with one attached hydrogen (secondary N) is 1. The molecule has 1 aromatic rings. The van der Waals surface area contributed by atoms with Crippen LogP contribution in [0.4, 0.5) is 0 Å². The van der Waals surface area contributed by atoms with Crippen molar-refractivity contribution >= 4 is 25.8 Å². The molecule has 1 aliphatic carbocycles. The Labute approximate surface area is 161 Å². The molecule has 1 aliphatic heterocycles. The molecule has 1 saturated heterocycles. The number of aryl methyl sites for hydroxylation is 2. The minimum Gasteiger partial charge on any atom is -0.338 e. The van der Waals surface area contributed by atoms with E-state index >= 15 is 0 Å². The highest BCUT2D eigenvalue weighted by Crippen LogP contribution is 2.24. The van der Waals surface area contributed by atoms with E-state index in [0.717, 1.165) is 31.2 Å². The van der Waals surface area contributed by atoms with Crippen molar-refractivity contribution in [3.8, 4) is 0 Å². The number of likely N-dealkylation sites (N-methyl/N-ethyl adjacent to an activating group) is 1. The first-order valence-corrected chi connectivity index (χ1v) is 12.6. The smallest absolute Gasteiger partial charge is 0.241 e. The molecular weight excluding hydrogens is 388 g/mol. The van der Waals surface area contributed by atoms with E-state index in [4.69, 9.17) is 0 Å². The molecule has 9 heteroatoms. The normalized spacial score (nSPS) is 21.6. The van der Waals surface area contributed by atoms with Crippen LogP contribution in [0.2, 0.25) is 0 Å². The standard InChI is InChI=1S/C18H26N2O5S2/c1-2-20(16-9-10-26(22,23)13-16)18(21)12-19-27(24,25)17-8-7-14-5-3-4-6-15(14)11-17/h7-8,11,16,19H,2-6,9-10,12-13H2,1H3/t16-/m0/s1. The summed E-state index contributed by atoms with van der Waals surface area (Å²) in [5, 5.41) is 0. The highest BCUT2D eigenvalue weighted by Gasteiger charge is 2.34. The molecule has 3 rings (SSSR count). The molecule has 1 fully saturated rings. The molecule has 0 aromatic heterocycles. The second-order valence-corrected chi connectivity index (χ2v) is 11.2. The molecule has 0 radical (unpaired) electrons. The van der Waals surface area contributed by atoms with Crippen LogP contribution in [0, 0.1) is 0 Å². The number of fused-ring (bicyclic) bond motifs is 1. The maximum atomic E-state index is 12.6. The summed E-state index contributed by atoms with van der Waals surface area (Å²) in [5.41, 5.74) is 2.25. The minimum absolute atomic E-state index is 0.0514. The summed E-state index contributed by atoms with van der Waals surface area (Å²) in [5.74, 6) is -0.381. The zero-order chi connectivity index (χ0) is 19.7. The van der Waals surface area contributed by atoms with Crippen LogP contribution in [0.25, 0.3) is 0 Å². The van der Waals surface area contributed by atoms with E-state index < -0.39 is 25.8 Å². The molecule has 1 amide bonds. The lowest BCUT2D eigenvalue weighted by atomic mass is 9.92. The first kappa shape index (κ1) is 20.3. The van der Waals surface area contributed by atoms with Crippen LogP contribution in [-0.4, -0.2) is 58.3 Å². The number of hydrogen-bond donors (Lipinski definition) is 1. The van der Waals surface area contributed by atoms with Gasteiger partial charge in [-0.05, 0) is 62.3 Å². The van der Waals surface area contributed by atoms with Crippen molar-refractivity contribution in [2.45, 2.75) is 50.0 Å². The van der Waals surface area contributed by atoms with E-state index in [1.807, 2.05) is 6.07 Å². The fourth-order valence-corrected chi connectivity index (χ4v) is 6.63. The lowest BCUT2D eigenvalue weighted by Gasteiger charge is -2.27. The van der Waals surface area contributed by atoms with Crippen LogP contribution in [0.5, 0.6) is 0 Å². The number of sulfone groups is 1. The number of rotatable bonds is 6. The van der Waals surface area contributed by atoms with Gasteiger partial charge in [0.2, 0.25) is 15.9 Å². The Kier molecular flexibility index (Phi) is 5.93. The quantitative estimate of drug-likeness (QED) is 0.745. The summed E-state index contributed by atoms with van der Waals surface area (Å²) in [6, 6.07) is 4.76. The van der Waals surface area contributed by atoms with Crippen molar-refractivity contribution in [3.05, 3.63) is 29.3 Å². The highest BCUT2D eigenvalue weighted by molar-refractivity contribution is 7.91. The molecule has 7 nitrogen and oxygen atoms in total. The molecule has 1 heterocycles. The summed E-state index contributed by atoms with van der Waals surface area (Å²) in [6.07, 6.45) is 4.42. The van der Waals surface area contributed by atoms with Gasteiger partial charge in [0.15, 0.2) is 9.84 Å². The highest BCUT2D eigenvalue weighted by atomic mass is 32.2. The van der Waals surface area contributed by atoms with Crippen molar-refractivity contribution in [1.29, 1.82) is 0 Å². The van der Waals surface area contributed by atoms with Gasteiger partial charge in [-0.3, -0.25) is 4.79 Å². The molecule has 1 N–H and O–H groups in total. The largest absolute Gasteiger partial charge is 0.338 e. The minimum atomic E-state index is -3.79.